The van der Waals surface area contributed by atoms with Crippen molar-refractivity contribution in [3.8, 4) is 0 Å². The number of nitrogens with zero attached hydrogens (tertiary/aromatic N) is 2. The van der Waals surface area contributed by atoms with E-state index < -0.39 is 22.6 Å². The van der Waals surface area contributed by atoms with Crippen molar-refractivity contribution in [1.82, 2.24) is 10.3 Å². The smallest absolute Gasteiger partial charge is 0.300 e. The van der Waals surface area contributed by atoms with Crippen LogP contribution in [0.1, 0.15) is 23.7 Å². The Balaban J connectivity index is 2.84. The minimum Gasteiger partial charge on any atom is -0.393 e. The molecule has 0 saturated carbocycles. The van der Waals surface area contributed by atoms with Gasteiger partial charge in [-0.2, -0.15) is 0 Å². The molecule has 1 aromatic heterocycles. The number of halogens is 1. The Morgan fingerprint density at radius 3 is 2.94 bits per heavy atom. The average Bonchev–Trinajstić information content (AvgIpc) is 2.27. The Bertz CT molecular complexity index is 464. The number of aliphatic hydroxyl groups excluding tert-OH is 1. The van der Waals surface area contributed by atoms with Crippen molar-refractivity contribution in [2.75, 3.05) is 6.54 Å². The predicted molar refractivity (Wildman–Crippen MR) is 64.5 cm³/mol. The molecule has 98 valence electrons. The quantitative estimate of drug-likeness (QED) is 0.475. The largest absolute Gasteiger partial charge is 0.393 e. The zero-order valence-corrected chi connectivity index (χ0v) is 10.3. The normalized spacial score (nSPS) is 11.9. The molecule has 2 N–H and O–H groups in total. The number of nitrogens with one attached hydrogen (secondary N) is 1. The molecule has 0 aliphatic rings. The summed E-state index contributed by atoms with van der Waals surface area (Å²) in [4.78, 5) is 25.3. The summed E-state index contributed by atoms with van der Waals surface area (Å²) < 4.78 is 0. The lowest BCUT2D eigenvalue weighted by molar-refractivity contribution is -0.385. The van der Waals surface area contributed by atoms with Gasteiger partial charge in [-0.25, -0.2) is 4.98 Å². The van der Waals surface area contributed by atoms with Crippen molar-refractivity contribution in [2.45, 2.75) is 19.4 Å². The van der Waals surface area contributed by atoms with Crippen LogP contribution in [0.15, 0.2) is 12.3 Å². The number of hydrogen-bond donors (Lipinski definition) is 2. The molecule has 1 heterocycles. The van der Waals surface area contributed by atoms with E-state index in [2.05, 4.69) is 10.3 Å². The molecule has 1 aromatic rings. The number of aromatic nitrogens is 1. The fourth-order valence-corrected chi connectivity index (χ4v) is 1.40. The van der Waals surface area contributed by atoms with Gasteiger partial charge in [0, 0.05) is 6.54 Å². The number of rotatable bonds is 5. The summed E-state index contributed by atoms with van der Waals surface area (Å²) in [6.07, 6.45) is 0.742. The summed E-state index contributed by atoms with van der Waals surface area (Å²) in [6.45, 7) is 1.80. The zero-order chi connectivity index (χ0) is 13.7. The molecule has 8 heteroatoms. The number of pyridine rings is 1. The minimum atomic E-state index is -0.701. The van der Waals surface area contributed by atoms with E-state index in [1.807, 2.05) is 0 Å². The number of carbonyl (C=O) groups excluding carboxylic acids is 1. The molecule has 0 saturated heterocycles. The second-order valence-electron chi connectivity index (χ2n) is 3.67. The molecule has 0 aromatic carbocycles. The molecule has 1 unspecified atom stereocenters. The van der Waals surface area contributed by atoms with Gasteiger partial charge in [0.1, 0.15) is 16.9 Å². The van der Waals surface area contributed by atoms with E-state index in [0.717, 1.165) is 12.3 Å². The Morgan fingerprint density at radius 1 is 1.72 bits per heavy atom. The van der Waals surface area contributed by atoms with Crippen LogP contribution in [0.5, 0.6) is 0 Å². The van der Waals surface area contributed by atoms with Gasteiger partial charge in [-0.05, 0) is 19.4 Å². The van der Waals surface area contributed by atoms with Gasteiger partial charge in [0.2, 0.25) is 0 Å². The van der Waals surface area contributed by atoms with Crippen molar-refractivity contribution in [3.05, 3.63) is 33.1 Å². The van der Waals surface area contributed by atoms with Crippen LogP contribution in [0.2, 0.25) is 5.15 Å². The maximum atomic E-state index is 11.7. The average molecular weight is 274 g/mol. The van der Waals surface area contributed by atoms with Crippen LogP contribution in [0.25, 0.3) is 0 Å². The van der Waals surface area contributed by atoms with Gasteiger partial charge in [0.15, 0.2) is 0 Å². The first-order valence-corrected chi connectivity index (χ1v) is 5.56. The van der Waals surface area contributed by atoms with E-state index in [0.29, 0.717) is 6.42 Å². The fourth-order valence-electron chi connectivity index (χ4n) is 1.24. The highest BCUT2D eigenvalue weighted by atomic mass is 35.5. The summed E-state index contributed by atoms with van der Waals surface area (Å²) in [5.41, 5.74) is -0.556. The molecule has 0 spiro atoms. The molecular formula is C10H12ClN3O4. The highest BCUT2D eigenvalue weighted by Gasteiger charge is 2.21. The van der Waals surface area contributed by atoms with E-state index in [1.165, 1.54) is 0 Å². The van der Waals surface area contributed by atoms with Crippen LogP contribution in [0.4, 0.5) is 5.69 Å². The van der Waals surface area contributed by atoms with Crippen molar-refractivity contribution in [1.29, 1.82) is 0 Å². The summed E-state index contributed by atoms with van der Waals surface area (Å²) in [5, 5.41) is 22.2. The van der Waals surface area contributed by atoms with Gasteiger partial charge in [-0.3, -0.25) is 14.9 Å². The van der Waals surface area contributed by atoms with Crippen molar-refractivity contribution >= 4 is 23.2 Å². The maximum Gasteiger partial charge on any atom is 0.300 e. The Kier molecular flexibility index (Phi) is 4.99. The third-order valence-corrected chi connectivity index (χ3v) is 2.35. The molecule has 1 rings (SSSR count). The second-order valence-corrected chi connectivity index (χ2v) is 4.06. The summed E-state index contributed by atoms with van der Waals surface area (Å²) in [5.74, 6) is -0.619. The summed E-state index contributed by atoms with van der Waals surface area (Å²) in [7, 11) is 0. The Hall–Kier alpha value is -1.73. The van der Waals surface area contributed by atoms with Crippen LogP contribution in [-0.2, 0) is 0 Å². The van der Waals surface area contributed by atoms with Gasteiger partial charge in [0.05, 0.1) is 11.0 Å². The van der Waals surface area contributed by atoms with Crippen molar-refractivity contribution < 1.29 is 14.8 Å². The van der Waals surface area contributed by atoms with Crippen LogP contribution in [0.3, 0.4) is 0 Å². The first-order chi connectivity index (χ1) is 8.41. The summed E-state index contributed by atoms with van der Waals surface area (Å²) in [6, 6.07) is 1.14. The minimum absolute atomic E-state index is 0.00118. The topological polar surface area (TPSA) is 105 Å². The lowest BCUT2D eigenvalue weighted by atomic mass is 10.2. The molecule has 0 bridgehead atoms. The number of hydrogen-bond acceptors (Lipinski definition) is 5. The lowest BCUT2D eigenvalue weighted by Gasteiger charge is -2.07. The number of carbonyl (C=O) groups is 1. The maximum absolute atomic E-state index is 11.7. The monoisotopic (exact) mass is 273 g/mol. The molecule has 0 aliphatic heterocycles. The van der Waals surface area contributed by atoms with Gasteiger partial charge >= 0.3 is 0 Å². The van der Waals surface area contributed by atoms with E-state index >= 15 is 0 Å². The highest BCUT2D eigenvalue weighted by Crippen LogP contribution is 2.20. The van der Waals surface area contributed by atoms with Crippen LogP contribution < -0.4 is 5.32 Å². The van der Waals surface area contributed by atoms with Crippen LogP contribution in [0, 0.1) is 10.1 Å². The predicted octanol–water partition coefficient (Wildman–Crippen LogP) is 1.14. The molecule has 0 aliphatic carbocycles. The fraction of sp³-hybridized carbons (Fsp3) is 0.400. The van der Waals surface area contributed by atoms with E-state index in [4.69, 9.17) is 16.7 Å². The van der Waals surface area contributed by atoms with Gasteiger partial charge in [-0.15, -0.1) is 0 Å². The molecule has 18 heavy (non-hydrogen) atoms. The lowest BCUT2D eigenvalue weighted by Crippen LogP contribution is -2.27. The van der Waals surface area contributed by atoms with Crippen molar-refractivity contribution in [3.63, 3.8) is 0 Å². The van der Waals surface area contributed by atoms with E-state index in [-0.39, 0.29) is 17.3 Å². The molecular weight excluding hydrogens is 262 g/mol. The van der Waals surface area contributed by atoms with Crippen LogP contribution in [-0.4, -0.2) is 33.6 Å². The molecule has 0 radical (unpaired) electrons. The first kappa shape index (κ1) is 14.3. The van der Waals surface area contributed by atoms with E-state index in [1.54, 1.807) is 6.92 Å². The Morgan fingerprint density at radius 2 is 2.39 bits per heavy atom. The molecule has 1 atom stereocenters. The summed E-state index contributed by atoms with van der Waals surface area (Å²) >= 11 is 5.60. The standard InChI is InChI=1S/C10H12ClN3O4/c1-6(15)2-3-12-10(16)7-4-9(11)13-5-8(7)14(17)18/h4-6,15H,2-3H2,1H3,(H,12,16). The number of amides is 1. The van der Waals surface area contributed by atoms with Crippen LogP contribution >= 0.6 is 11.6 Å². The Labute approximate surface area is 108 Å². The van der Waals surface area contributed by atoms with E-state index in [9.17, 15) is 14.9 Å². The van der Waals surface area contributed by atoms with Gasteiger partial charge in [0.25, 0.3) is 11.6 Å². The molecule has 7 nitrogen and oxygen atoms in total. The SMILES string of the molecule is CC(O)CCNC(=O)c1cc(Cl)ncc1[N+](=O)[O-]. The third kappa shape index (κ3) is 3.94. The first-order valence-electron chi connectivity index (χ1n) is 5.18. The van der Waals surface area contributed by atoms with Gasteiger partial charge in [-0.1, -0.05) is 11.6 Å². The third-order valence-electron chi connectivity index (χ3n) is 2.14. The zero-order valence-electron chi connectivity index (χ0n) is 9.59. The number of aliphatic hydroxyl groups is 1. The molecule has 1 amide bonds. The number of nitro groups is 1. The highest BCUT2D eigenvalue weighted by molar-refractivity contribution is 6.29. The van der Waals surface area contributed by atoms with Gasteiger partial charge < -0.3 is 10.4 Å². The van der Waals surface area contributed by atoms with Crippen molar-refractivity contribution in [2.24, 2.45) is 0 Å². The second kappa shape index (κ2) is 6.27. The molecule has 0 fully saturated rings.